The molecule has 31 heavy (non-hydrogen) atoms. The van der Waals surface area contributed by atoms with Gasteiger partial charge in [-0.1, -0.05) is 79.6 Å². The van der Waals surface area contributed by atoms with Gasteiger partial charge in [-0.2, -0.15) is 8.42 Å². The molecular formula is C26H28O3S2. The highest BCUT2D eigenvalue weighted by atomic mass is 32.2. The predicted molar refractivity (Wildman–Crippen MR) is 129 cm³/mol. The molecule has 5 heteroatoms. The van der Waals surface area contributed by atoms with Crippen molar-refractivity contribution in [3.63, 3.8) is 0 Å². The molecule has 3 aromatic rings. The molecule has 0 aromatic heterocycles. The van der Waals surface area contributed by atoms with Gasteiger partial charge in [-0.25, -0.2) is 0 Å². The Morgan fingerprint density at radius 1 is 0.871 bits per heavy atom. The van der Waals surface area contributed by atoms with Gasteiger partial charge in [0.2, 0.25) is 0 Å². The van der Waals surface area contributed by atoms with Crippen molar-refractivity contribution in [2.45, 2.75) is 42.8 Å². The topological polar surface area (TPSA) is 43.4 Å². The Hall–Kier alpha value is -2.08. The van der Waals surface area contributed by atoms with Crippen molar-refractivity contribution in [2.24, 2.45) is 0 Å². The first-order valence-electron chi connectivity index (χ1n) is 10.8. The van der Waals surface area contributed by atoms with Gasteiger partial charge in [0.25, 0.3) is 10.1 Å². The first kappa shape index (κ1) is 22.1. The summed E-state index contributed by atoms with van der Waals surface area (Å²) in [6.07, 6.45) is 2.80. The minimum absolute atomic E-state index is 0.0855. The lowest BCUT2D eigenvalue weighted by molar-refractivity contribution is 0.319. The molecule has 0 spiro atoms. The highest BCUT2D eigenvalue weighted by Crippen LogP contribution is 2.57. The van der Waals surface area contributed by atoms with Crippen molar-refractivity contribution in [1.82, 2.24) is 0 Å². The van der Waals surface area contributed by atoms with Crippen LogP contribution in [-0.2, 0) is 19.0 Å². The lowest BCUT2D eigenvalue weighted by Gasteiger charge is -2.31. The molecule has 3 aromatic carbocycles. The minimum Gasteiger partial charge on any atom is -0.266 e. The van der Waals surface area contributed by atoms with Gasteiger partial charge in [-0.05, 0) is 59.9 Å². The van der Waals surface area contributed by atoms with Crippen LogP contribution in [0.4, 0.5) is 0 Å². The van der Waals surface area contributed by atoms with E-state index in [1.54, 1.807) is 24.3 Å². The van der Waals surface area contributed by atoms with Crippen molar-refractivity contribution in [3.05, 3.63) is 89.5 Å². The summed E-state index contributed by atoms with van der Waals surface area (Å²) in [5.74, 6) is 0.825. The van der Waals surface area contributed by atoms with Crippen LogP contribution in [0.25, 0.3) is 11.1 Å². The Balaban J connectivity index is 1.46. The molecule has 0 bridgehead atoms. The van der Waals surface area contributed by atoms with Crippen LogP contribution in [0.15, 0.2) is 77.7 Å². The second-order valence-electron chi connectivity index (χ2n) is 7.96. The van der Waals surface area contributed by atoms with E-state index < -0.39 is 10.1 Å². The Morgan fingerprint density at radius 3 is 2.03 bits per heavy atom. The highest BCUT2D eigenvalue weighted by Gasteiger charge is 2.42. The van der Waals surface area contributed by atoms with E-state index in [0.29, 0.717) is 6.42 Å². The zero-order valence-electron chi connectivity index (χ0n) is 18.0. The summed E-state index contributed by atoms with van der Waals surface area (Å²) in [6.45, 7) is 4.35. The van der Waals surface area contributed by atoms with Crippen molar-refractivity contribution >= 4 is 21.9 Å². The number of fused-ring (bicyclic) bond motifs is 3. The third-order valence-electron chi connectivity index (χ3n) is 5.80. The third-order valence-corrected chi connectivity index (χ3v) is 8.76. The lowest BCUT2D eigenvalue weighted by Crippen LogP contribution is -2.21. The Kier molecular flexibility index (Phi) is 6.56. The third kappa shape index (κ3) is 4.32. The van der Waals surface area contributed by atoms with Gasteiger partial charge in [-0.3, -0.25) is 4.18 Å². The Labute approximate surface area is 190 Å². The molecule has 0 saturated heterocycles. The summed E-state index contributed by atoms with van der Waals surface area (Å²) in [5, 5.41) is 0. The van der Waals surface area contributed by atoms with Crippen LogP contribution in [0.5, 0.6) is 0 Å². The van der Waals surface area contributed by atoms with Gasteiger partial charge in [0.1, 0.15) is 0 Å². The van der Waals surface area contributed by atoms with Gasteiger partial charge in [0.15, 0.2) is 0 Å². The number of thioether (sulfide) groups is 1. The molecule has 1 aliphatic rings. The van der Waals surface area contributed by atoms with Crippen LogP contribution in [0.3, 0.4) is 0 Å². The number of aryl methyl sites for hydroxylation is 1. The maximum atomic E-state index is 12.4. The fourth-order valence-electron chi connectivity index (χ4n) is 4.38. The van der Waals surface area contributed by atoms with Gasteiger partial charge in [0, 0.05) is 0 Å². The summed E-state index contributed by atoms with van der Waals surface area (Å²) in [7, 11) is -3.71. The maximum Gasteiger partial charge on any atom is 0.296 e. The Bertz CT molecular complexity index is 1110. The number of rotatable bonds is 9. The molecule has 0 heterocycles. The molecule has 0 atom stereocenters. The van der Waals surface area contributed by atoms with E-state index in [2.05, 4.69) is 55.5 Å². The highest BCUT2D eigenvalue weighted by molar-refractivity contribution is 8.00. The summed E-state index contributed by atoms with van der Waals surface area (Å²) in [6, 6.07) is 24.1. The summed E-state index contributed by atoms with van der Waals surface area (Å²) in [4.78, 5) is 0.215. The number of hydrogen-bond acceptors (Lipinski definition) is 4. The minimum atomic E-state index is -3.71. The zero-order valence-corrected chi connectivity index (χ0v) is 19.6. The molecule has 1 aliphatic carbocycles. The maximum absolute atomic E-state index is 12.4. The van der Waals surface area contributed by atoms with Crippen LogP contribution in [0.2, 0.25) is 0 Å². The van der Waals surface area contributed by atoms with Gasteiger partial charge < -0.3 is 0 Å². The zero-order chi connectivity index (χ0) is 21.9. The second kappa shape index (κ2) is 9.19. The molecule has 0 N–H and O–H groups in total. The molecule has 0 unspecified atom stereocenters. The van der Waals surface area contributed by atoms with Crippen LogP contribution < -0.4 is 0 Å². The van der Waals surface area contributed by atoms with Gasteiger partial charge in [-0.15, -0.1) is 11.8 Å². The normalized spacial score (nSPS) is 14.3. The van der Waals surface area contributed by atoms with E-state index in [-0.39, 0.29) is 16.2 Å². The second-order valence-corrected chi connectivity index (χ2v) is 11.0. The van der Waals surface area contributed by atoms with Gasteiger partial charge >= 0.3 is 0 Å². The fraction of sp³-hybridized carbons (Fsp3) is 0.308. The van der Waals surface area contributed by atoms with Crippen molar-refractivity contribution in [3.8, 4) is 11.1 Å². The number of hydrogen-bond donors (Lipinski definition) is 0. The van der Waals surface area contributed by atoms with Crippen molar-refractivity contribution in [1.29, 1.82) is 0 Å². The summed E-state index contributed by atoms with van der Waals surface area (Å²) in [5.41, 5.74) is 6.40. The van der Waals surface area contributed by atoms with E-state index in [0.717, 1.165) is 24.2 Å². The van der Waals surface area contributed by atoms with E-state index >= 15 is 0 Å². The SMILES string of the molecule is CCCC1(SCCCOS(=O)(=O)c2ccc(C)cc2)c2ccccc2-c2ccccc21. The van der Waals surface area contributed by atoms with E-state index in [9.17, 15) is 8.42 Å². The monoisotopic (exact) mass is 452 g/mol. The number of benzene rings is 3. The largest absolute Gasteiger partial charge is 0.296 e. The first-order valence-corrected chi connectivity index (χ1v) is 13.2. The van der Waals surface area contributed by atoms with Crippen LogP contribution in [0, 0.1) is 6.92 Å². The standard InChI is InChI=1S/C26H28O3S2/c1-3-17-26(24-11-6-4-9-22(24)23-10-5-7-12-25(23)26)30-19-8-18-29-31(27,28)21-15-13-20(2)14-16-21/h4-7,9-16H,3,8,17-19H2,1-2H3. The first-order chi connectivity index (χ1) is 15.0. The Morgan fingerprint density at radius 2 is 1.45 bits per heavy atom. The smallest absolute Gasteiger partial charge is 0.266 e. The fourth-order valence-corrected chi connectivity index (χ4v) is 6.95. The predicted octanol–water partition coefficient (Wildman–Crippen LogP) is 6.55. The van der Waals surface area contributed by atoms with Crippen LogP contribution in [-0.4, -0.2) is 20.8 Å². The van der Waals surface area contributed by atoms with Crippen LogP contribution in [0.1, 0.15) is 42.9 Å². The van der Waals surface area contributed by atoms with E-state index in [4.69, 9.17) is 4.18 Å². The van der Waals surface area contributed by atoms with E-state index in [1.807, 2.05) is 18.7 Å². The summed E-state index contributed by atoms with van der Waals surface area (Å²) < 4.78 is 30.1. The molecule has 162 valence electrons. The molecule has 0 radical (unpaired) electrons. The molecule has 0 aliphatic heterocycles. The molecule has 0 fully saturated rings. The molecule has 0 amide bonds. The van der Waals surface area contributed by atoms with Gasteiger partial charge in [0.05, 0.1) is 16.2 Å². The quantitative estimate of drug-likeness (QED) is 0.273. The molecular weight excluding hydrogens is 424 g/mol. The lowest BCUT2D eigenvalue weighted by atomic mass is 9.91. The van der Waals surface area contributed by atoms with Crippen LogP contribution >= 0.6 is 11.8 Å². The van der Waals surface area contributed by atoms with E-state index in [1.165, 1.54) is 22.3 Å². The average Bonchev–Trinajstić information content (AvgIpc) is 3.05. The molecule has 3 nitrogen and oxygen atoms in total. The summed E-state index contributed by atoms with van der Waals surface area (Å²) >= 11 is 1.91. The average molecular weight is 453 g/mol. The van der Waals surface area contributed by atoms with Crippen molar-refractivity contribution in [2.75, 3.05) is 12.4 Å². The molecule has 4 rings (SSSR count). The molecule has 0 saturated carbocycles. The van der Waals surface area contributed by atoms with Crippen molar-refractivity contribution < 1.29 is 12.6 Å².